The summed E-state index contributed by atoms with van der Waals surface area (Å²) in [7, 11) is 1.25. The molecule has 10 nitrogen and oxygen atoms in total. The molecule has 3 amide bonds. The number of fused-ring (bicyclic) bond motifs is 1. The molecule has 0 radical (unpaired) electrons. The minimum Gasteiger partial charge on any atom is -0.465 e. The lowest BCUT2D eigenvalue weighted by Gasteiger charge is -2.17. The molecule has 0 saturated heterocycles. The summed E-state index contributed by atoms with van der Waals surface area (Å²) in [5.41, 5.74) is -1.02. The predicted molar refractivity (Wildman–Crippen MR) is 124 cm³/mol. The molecule has 0 aliphatic carbocycles. The molecule has 1 heterocycles. The van der Waals surface area contributed by atoms with Gasteiger partial charge in [-0.1, -0.05) is 12.1 Å². The first kappa shape index (κ1) is 27.2. The number of halogens is 4. The van der Waals surface area contributed by atoms with E-state index < -0.39 is 41.7 Å². The molecule has 1 atom stereocenters. The maximum atomic E-state index is 13.9. The number of aryl methyl sites for hydroxylation is 1. The highest BCUT2D eigenvalue weighted by atomic mass is 19.4. The lowest BCUT2D eigenvalue weighted by atomic mass is 10.0. The summed E-state index contributed by atoms with van der Waals surface area (Å²) in [5.74, 6) is -1.72. The van der Waals surface area contributed by atoms with Crippen LogP contribution in [-0.2, 0) is 13.2 Å². The van der Waals surface area contributed by atoms with Crippen LogP contribution >= 0.6 is 0 Å². The van der Waals surface area contributed by atoms with Gasteiger partial charge in [0.05, 0.1) is 16.6 Å². The summed E-state index contributed by atoms with van der Waals surface area (Å²) >= 11 is 0. The molecule has 14 heteroatoms. The molecule has 0 unspecified atom stereocenters. The highest BCUT2D eigenvalue weighted by Gasteiger charge is 2.36. The Bertz CT molecular complexity index is 1310. The minimum absolute atomic E-state index is 0.0580. The smallest absolute Gasteiger partial charge is 0.418 e. The van der Waals surface area contributed by atoms with Crippen molar-refractivity contribution in [1.82, 2.24) is 25.5 Å². The van der Waals surface area contributed by atoms with E-state index in [9.17, 15) is 31.9 Å². The summed E-state index contributed by atoms with van der Waals surface area (Å²) in [6.45, 7) is -0.156. The van der Waals surface area contributed by atoms with E-state index in [-0.39, 0.29) is 48.4 Å². The number of carbonyl (C=O) groups is 3. The molecule has 3 aromatic rings. The van der Waals surface area contributed by atoms with Gasteiger partial charge in [-0.15, -0.1) is 0 Å². The van der Waals surface area contributed by atoms with Crippen molar-refractivity contribution in [3.8, 4) is 11.1 Å². The summed E-state index contributed by atoms with van der Waals surface area (Å²) < 4.78 is 56.1. The van der Waals surface area contributed by atoms with Gasteiger partial charge in [-0.25, -0.2) is 19.0 Å². The SMILES string of the molecule is Cn1c(C(=O)NC[C@H](CCCNC(=O)O)NC(=O)O)nc2cc(-c3ccc(F)cc3)cc(C(F)(F)F)c21. The van der Waals surface area contributed by atoms with Crippen molar-refractivity contribution < 1.29 is 42.2 Å². The lowest BCUT2D eigenvalue weighted by Crippen LogP contribution is -2.44. The quantitative estimate of drug-likeness (QED) is 0.212. The summed E-state index contributed by atoms with van der Waals surface area (Å²) in [4.78, 5) is 38.5. The zero-order chi connectivity index (χ0) is 27.3. The van der Waals surface area contributed by atoms with E-state index in [1.807, 2.05) is 0 Å². The number of nitrogens with one attached hydrogen (secondary N) is 3. The summed E-state index contributed by atoms with van der Waals surface area (Å²) in [5, 5.41) is 24.4. The van der Waals surface area contributed by atoms with E-state index in [2.05, 4.69) is 20.9 Å². The predicted octanol–water partition coefficient (Wildman–Crippen LogP) is 3.81. The Morgan fingerprint density at radius 2 is 1.70 bits per heavy atom. The topological polar surface area (TPSA) is 146 Å². The zero-order valence-electron chi connectivity index (χ0n) is 19.4. The molecule has 0 aliphatic rings. The fourth-order valence-corrected chi connectivity index (χ4v) is 3.82. The number of hydrogen-bond donors (Lipinski definition) is 5. The first-order chi connectivity index (χ1) is 17.4. The van der Waals surface area contributed by atoms with Gasteiger partial charge in [-0.3, -0.25) is 4.79 Å². The van der Waals surface area contributed by atoms with Crippen molar-refractivity contribution >= 4 is 29.1 Å². The molecule has 0 aliphatic heterocycles. The van der Waals surface area contributed by atoms with Crippen molar-refractivity contribution in [2.75, 3.05) is 13.1 Å². The van der Waals surface area contributed by atoms with Crippen LogP contribution in [0.5, 0.6) is 0 Å². The Morgan fingerprint density at radius 1 is 1.03 bits per heavy atom. The molecule has 0 spiro atoms. The van der Waals surface area contributed by atoms with Gasteiger partial charge < -0.3 is 30.7 Å². The average molecular weight is 525 g/mol. The Kier molecular flexibility index (Phi) is 8.20. The fraction of sp³-hybridized carbons (Fsp3) is 0.304. The van der Waals surface area contributed by atoms with E-state index >= 15 is 0 Å². The van der Waals surface area contributed by atoms with E-state index in [0.29, 0.717) is 5.56 Å². The molecule has 37 heavy (non-hydrogen) atoms. The largest absolute Gasteiger partial charge is 0.465 e. The monoisotopic (exact) mass is 525 g/mol. The van der Waals surface area contributed by atoms with E-state index in [1.165, 1.54) is 25.2 Å². The molecule has 3 rings (SSSR count). The van der Waals surface area contributed by atoms with Gasteiger partial charge in [-0.2, -0.15) is 13.2 Å². The second-order valence-corrected chi connectivity index (χ2v) is 8.12. The number of hydrogen-bond acceptors (Lipinski definition) is 4. The Balaban J connectivity index is 1.87. The van der Waals surface area contributed by atoms with Crippen LogP contribution in [0.25, 0.3) is 22.2 Å². The van der Waals surface area contributed by atoms with E-state index in [1.54, 1.807) is 0 Å². The van der Waals surface area contributed by atoms with Gasteiger partial charge in [0.15, 0.2) is 5.82 Å². The van der Waals surface area contributed by atoms with Crippen LogP contribution in [0, 0.1) is 5.82 Å². The van der Waals surface area contributed by atoms with Gasteiger partial charge in [-0.05, 0) is 48.2 Å². The molecule has 0 saturated carbocycles. The first-order valence-electron chi connectivity index (χ1n) is 10.9. The third-order valence-electron chi connectivity index (χ3n) is 5.50. The van der Waals surface area contributed by atoms with Crippen molar-refractivity contribution in [1.29, 1.82) is 0 Å². The van der Waals surface area contributed by atoms with E-state index in [0.717, 1.165) is 22.8 Å². The lowest BCUT2D eigenvalue weighted by molar-refractivity contribution is -0.136. The maximum absolute atomic E-state index is 13.9. The molecule has 1 aromatic heterocycles. The molecule has 0 bridgehead atoms. The molecular formula is C23H23F4N5O5. The second kappa shape index (κ2) is 11.1. The number of carbonyl (C=O) groups excluding carboxylic acids is 1. The number of aromatic nitrogens is 2. The number of carboxylic acid groups (broad SMARTS) is 2. The van der Waals surface area contributed by atoms with Crippen molar-refractivity contribution in [3.05, 3.63) is 53.6 Å². The van der Waals surface area contributed by atoms with Crippen LogP contribution < -0.4 is 16.0 Å². The maximum Gasteiger partial charge on any atom is 0.418 e. The van der Waals surface area contributed by atoms with Gasteiger partial charge in [0.1, 0.15) is 5.82 Å². The van der Waals surface area contributed by atoms with Crippen LogP contribution in [0.15, 0.2) is 36.4 Å². The van der Waals surface area contributed by atoms with Crippen molar-refractivity contribution in [2.45, 2.75) is 25.1 Å². The van der Waals surface area contributed by atoms with Crippen molar-refractivity contribution in [2.24, 2.45) is 7.05 Å². The first-order valence-corrected chi connectivity index (χ1v) is 10.9. The van der Waals surface area contributed by atoms with E-state index in [4.69, 9.17) is 10.2 Å². The number of rotatable bonds is 9. The zero-order valence-corrected chi connectivity index (χ0v) is 19.4. The highest BCUT2D eigenvalue weighted by Crippen LogP contribution is 2.38. The second-order valence-electron chi connectivity index (χ2n) is 8.12. The van der Waals surface area contributed by atoms with Gasteiger partial charge in [0.2, 0.25) is 0 Å². The molecular weight excluding hydrogens is 502 g/mol. The normalized spacial score (nSPS) is 12.2. The van der Waals surface area contributed by atoms with Crippen LogP contribution in [0.2, 0.25) is 0 Å². The Labute approximate surface area is 207 Å². The summed E-state index contributed by atoms with van der Waals surface area (Å²) in [6.07, 6.45) is -6.94. The average Bonchev–Trinajstić information content (AvgIpc) is 3.15. The number of nitrogens with zero attached hydrogens (tertiary/aromatic N) is 2. The number of imidazole rings is 1. The number of alkyl halides is 3. The highest BCUT2D eigenvalue weighted by molar-refractivity contribution is 5.96. The molecule has 198 valence electrons. The van der Waals surface area contributed by atoms with Gasteiger partial charge >= 0.3 is 18.4 Å². The van der Waals surface area contributed by atoms with Crippen LogP contribution in [0.1, 0.15) is 29.0 Å². The van der Waals surface area contributed by atoms with Gasteiger partial charge in [0.25, 0.3) is 5.91 Å². The summed E-state index contributed by atoms with van der Waals surface area (Å²) in [6, 6.07) is 6.36. The molecule has 2 aromatic carbocycles. The third-order valence-corrected chi connectivity index (χ3v) is 5.50. The Morgan fingerprint density at radius 3 is 2.30 bits per heavy atom. The van der Waals surface area contributed by atoms with Crippen LogP contribution in [0.4, 0.5) is 27.2 Å². The van der Waals surface area contributed by atoms with Gasteiger partial charge in [0, 0.05) is 26.2 Å². The standard InChI is InChI=1S/C23H23F4N5O5/c1-32-18-16(23(25,26)27)9-13(12-4-6-14(24)7-5-12)10-17(18)31-19(32)20(33)29-11-15(30-22(36)37)3-2-8-28-21(34)35/h4-7,9-10,15,28,30H,2-3,8,11H2,1H3,(H,29,33)(H,34,35)(H,36,37)/t15-/m0/s1. The Hall–Kier alpha value is -4.36. The number of benzene rings is 2. The van der Waals surface area contributed by atoms with Crippen LogP contribution in [-0.4, -0.2) is 57.0 Å². The number of amides is 3. The third kappa shape index (κ3) is 6.86. The molecule has 0 fully saturated rings. The van der Waals surface area contributed by atoms with Crippen LogP contribution in [0.3, 0.4) is 0 Å². The van der Waals surface area contributed by atoms with Crippen molar-refractivity contribution in [3.63, 3.8) is 0 Å². The molecule has 5 N–H and O–H groups in total. The fourth-order valence-electron chi connectivity index (χ4n) is 3.82. The minimum atomic E-state index is -4.78.